The summed E-state index contributed by atoms with van der Waals surface area (Å²) in [6.45, 7) is 1.47. The van der Waals surface area contributed by atoms with E-state index in [4.69, 9.17) is 10.00 Å². The fraction of sp³-hybridized carbons (Fsp3) is 0.100. The molecule has 1 aromatic heterocycles. The zero-order chi connectivity index (χ0) is 19.2. The number of benzene rings is 2. The Bertz CT molecular complexity index is 1030. The van der Waals surface area contributed by atoms with Crippen molar-refractivity contribution in [2.45, 2.75) is 13.0 Å². The molecule has 0 aliphatic carbocycles. The molecule has 1 N–H and O–H groups in total. The van der Waals surface area contributed by atoms with Crippen molar-refractivity contribution in [1.82, 2.24) is 4.98 Å². The van der Waals surface area contributed by atoms with Crippen LogP contribution in [-0.2, 0) is 14.3 Å². The van der Waals surface area contributed by atoms with Crippen LogP contribution in [0.4, 0.5) is 5.69 Å². The fourth-order valence-electron chi connectivity index (χ4n) is 2.29. The van der Waals surface area contributed by atoms with Gasteiger partial charge in [0.05, 0.1) is 21.5 Å². The average molecular weight is 377 g/mol. The minimum Gasteiger partial charge on any atom is -0.449 e. The SMILES string of the molecule is C[C@@H](OC(=O)/C=C/c1nc2ccccc2s1)C(=O)Nc1ccccc1C#N. The van der Waals surface area contributed by atoms with E-state index in [1.165, 1.54) is 24.3 Å². The van der Waals surface area contributed by atoms with Crippen molar-refractivity contribution in [3.05, 3.63) is 65.2 Å². The summed E-state index contributed by atoms with van der Waals surface area (Å²) >= 11 is 1.45. The second kappa shape index (κ2) is 8.25. The third-order valence-electron chi connectivity index (χ3n) is 3.64. The van der Waals surface area contributed by atoms with Gasteiger partial charge in [0.2, 0.25) is 0 Å². The summed E-state index contributed by atoms with van der Waals surface area (Å²) in [6, 6.07) is 16.3. The van der Waals surface area contributed by atoms with E-state index < -0.39 is 18.0 Å². The van der Waals surface area contributed by atoms with Crippen LogP contribution in [0, 0.1) is 11.3 Å². The van der Waals surface area contributed by atoms with E-state index in [1.54, 1.807) is 30.3 Å². The molecule has 0 saturated heterocycles. The Labute approximate surface area is 159 Å². The number of aromatic nitrogens is 1. The van der Waals surface area contributed by atoms with Crippen molar-refractivity contribution >= 4 is 45.2 Å². The lowest BCUT2D eigenvalue weighted by atomic mass is 10.2. The fourth-order valence-corrected chi connectivity index (χ4v) is 3.16. The topological polar surface area (TPSA) is 92.1 Å². The number of anilines is 1. The minimum absolute atomic E-state index is 0.333. The van der Waals surface area contributed by atoms with Gasteiger partial charge in [0.15, 0.2) is 6.10 Å². The number of nitrogens with one attached hydrogen (secondary N) is 1. The molecule has 27 heavy (non-hydrogen) atoms. The van der Waals surface area contributed by atoms with Crippen molar-refractivity contribution in [3.8, 4) is 6.07 Å². The van der Waals surface area contributed by atoms with Gasteiger partial charge < -0.3 is 10.1 Å². The van der Waals surface area contributed by atoms with E-state index >= 15 is 0 Å². The molecule has 0 fully saturated rings. The van der Waals surface area contributed by atoms with Gasteiger partial charge in [-0.2, -0.15) is 5.26 Å². The van der Waals surface area contributed by atoms with E-state index in [1.807, 2.05) is 30.3 Å². The first-order valence-corrected chi connectivity index (χ1v) is 8.93. The lowest BCUT2D eigenvalue weighted by molar-refractivity contribution is -0.148. The first-order valence-electron chi connectivity index (χ1n) is 8.11. The second-order valence-corrected chi connectivity index (χ2v) is 6.64. The summed E-state index contributed by atoms with van der Waals surface area (Å²) in [5.74, 6) is -1.16. The highest BCUT2D eigenvalue weighted by Crippen LogP contribution is 2.22. The lowest BCUT2D eigenvalue weighted by Gasteiger charge is -2.13. The molecule has 2 aromatic carbocycles. The maximum atomic E-state index is 12.2. The molecule has 0 unspecified atom stereocenters. The predicted octanol–water partition coefficient (Wildman–Crippen LogP) is 3.75. The van der Waals surface area contributed by atoms with E-state index in [9.17, 15) is 9.59 Å². The molecule has 7 heteroatoms. The van der Waals surface area contributed by atoms with Gasteiger partial charge in [0, 0.05) is 6.08 Å². The van der Waals surface area contributed by atoms with Crippen LogP contribution >= 0.6 is 11.3 Å². The van der Waals surface area contributed by atoms with Crippen molar-refractivity contribution in [3.63, 3.8) is 0 Å². The van der Waals surface area contributed by atoms with Crippen LogP contribution in [-0.4, -0.2) is 23.0 Å². The Morgan fingerprint density at radius 2 is 1.96 bits per heavy atom. The van der Waals surface area contributed by atoms with E-state index in [-0.39, 0.29) is 0 Å². The molecule has 1 atom stereocenters. The number of fused-ring (bicyclic) bond motifs is 1. The molecule has 0 spiro atoms. The molecule has 134 valence electrons. The Morgan fingerprint density at radius 1 is 1.22 bits per heavy atom. The van der Waals surface area contributed by atoms with Gasteiger partial charge in [-0.3, -0.25) is 4.79 Å². The Hall–Kier alpha value is -3.50. The molecule has 3 rings (SSSR count). The summed E-state index contributed by atoms with van der Waals surface area (Å²) in [4.78, 5) is 28.5. The van der Waals surface area contributed by atoms with Gasteiger partial charge in [-0.15, -0.1) is 11.3 Å². The summed E-state index contributed by atoms with van der Waals surface area (Å²) in [5.41, 5.74) is 1.57. The molecule has 0 aliphatic heterocycles. The predicted molar refractivity (Wildman–Crippen MR) is 104 cm³/mol. The van der Waals surface area contributed by atoms with Gasteiger partial charge in [-0.1, -0.05) is 24.3 Å². The van der Waals surface area contributed by atoms with E-state index in [0.29, 0.717) is 16.3 Å². The zero-order valence-corrected chi connectivity index (χ0v) is 15.2. The summed E-state index contributed by atoms with van der Waals surface area (Å²) in [7, 11) is 0. The third-order valence-corrected chi connectivity index (χ3v) is 4.64. The molecule has 0 radical (unpaired) electrons. The summed E-state index contributed by atoms with van der Waals surface area (Å²) in [5, 5.41) is 12.3. The van der Waals surface area contributed by atoms with Crippen LogP contribution in [0.25, 0.3) is 16.3 Å². The smallest absolute Gasteiger partial charge is 0.331 e. The minimum atomic E-state index is -1.01. The maximum absolute atomic E-state index is 12.2. The monoisotopic (exact) mass is 377 g/mol. The Balaban J connectivity index is 1.59. The zero-order valence-electron chi connectivity index (χ0n) is 14.4. The number of carbonyl (C=O) groups excluding carboxylic acids is 2. The number of ether oxygens (including phenoxy) is 1. The standard InChI is InChI=1S/C20H15N3O3S/c1-13(20(25)23-15-7-3-2-6-14(15)12-21)26-19(24)11-10-18-22-16-8-4-5-9-17(16)27-18/h2-11,13H,1H3,(H,23,25)/b11-10+/t13-/m1/s1. The number of nitriles is 1. The van der Waals surface area contributed by atoms with Crippen molar-refractivity contribution in [2.75, 3.05) is 5.32 Å². The van der Waals surface area contributed by atoms with E-state index in [0.717, 1.165) is 10.2 Å². The molecule has 3 aromatic rings. The molecule has 6 nitrogen and oxygen atoms in total. The quantitative estimate of drug-likeness (QED) is 0.540. The maximum Gasteiger partial charge on any atom is 0.331 e. The summed E-state index contributed by atoms with van der Waals surface area (Å²) < 4.78 is 6.13. The van der Waals surface area contributed by atoms with Crippen LogP contribution in [0.5, 0.6) is 0 Å². The number of rotatable bonds is 5. The second-order valence-electron chi connectivity index (χ2n) is 5.58. The highest BCUT2D eigenvalue weighted by molar-refractivity contribution is 7.19. The largest absolute Gasteiger partial charge is 0.449 e. The van der Waals surface area contributed by atoms with E-state index in [2.05, 4.69) is 10.3 Å². The van der Waals surface area contributed by atoms with Gasteiger partial charge in [-0.05, 0) is 37.3 Å². The first kappa shape index (κ1) is 18.3. The van der Waals surface area contributed by atoms with Crippen LogP contribution < -0.4 is 5.32 Å². The molecule has 0 bridgehead atoms. The first-order chi connectivity index (χ1) is 13.1. The number of hydrogen-bond acceptors (Lipinski definition) is 6. The van der Waals surface area contributed by atoms with Crippen molar-refractivity contribution in [2.24, 2.45) is 0 Å². The van der Waals surface area contributed by atoms with Gasteiger partial charge in [0.1, 0.15) is 11.1 Å². The number of thiazole rings is 1. The lowest BCUT2D eigenvalue weighted by Crippen LogP contribution is -2.29. The normalized spacial score (nSPS) is 11.9. The Morgan fingerprint density at radius 3 is 2.74 bits per heavy atom. The van der Waals surface area contributed by atoms with Gasteiger partial charge >= 0.3 is 5.97 Å². The molecule has 0 saturated carbocycles. The Kier molecular flexibility index (Phi) is 5.59. The number of esters is 1. The number of para-hydroxylation sites is 2. The molecular formula is C20H15N3O3S. The van der Waals surface area contributed by atoms with Crippen LogP contribution in [0.15, 0.2) is 54.6 Å². The molecule has 1 heterocycles. The van der Waals surface area contributed by atoms with Crippen molar-refractivity contribution in [1.29, 1.82) is 5.26 Å². The number of carbonyl (C=O) groups is 2. The number of amides is 1. The number of hydrogen-bond donors (Lipinski definition) is 1. The van der Waals surface area contributed by atoms with Gasteiger partial charge in [-0.25, -0.2) is 9.78 Å². The average Bonchev–Trinajstić information content (AvgIpc) is 3.09. The van der Waals surface area contributed by atoms with Gasteiger partial charge in [0.25, 0.3) is 5.91 Å². The number of nitrogens with zero attached hydrogens (tertiary/aromatic N) is 2. The molecule has 1 amide bonds. The molecule has 0 aliphatic rings. The highest BCUT2D eigenvalue weighted by Gasteiger charge is 2.17. The van der Waals surface area contributed by atoms with Crippen LogP contribution in [0.1, 0.15) is 17.5 Å². The molecular weight excluding hydrogens is 362 g/mol. The van der Waals surface area contributed by atoms with Crippen molar-refractivity contribution < 1.29 is 14.3 Å². The highest BCUT2D eigenvalue weighted by atomic mass is 32.1. The summed E-state index contributed by atoms with van der Waals surface area (Å²) in [6.07, 6.45) is 1.79. The van der Waals surface area contributed by atoms with Crippen LogP contribution in [0.2, 0.25) is 0 Å². The third kappa shape index (κ3) is 4.57. The van der Waals surface area contributed by atoms with Crippen LogP contribution in [0.3, 0.4) is 0 Å².